The Balaban J connectivity index is 1.45. The molecule has 1 aliphatic heterocycles. The fourth-order valence-corrected chi connectivity index (χ4v) is 5.54. The van der Waals surface area contributed by atoms with E-state index in [0.29, 0.717) is 42.0 Å². The second-order valence-corrected chi connectivity index (χ2v) is 11.4. The molecule has 5 rings (SSSR count). The molecule has 0 spiro atoms. The van der Waals surface area contributed by atoms with E-state index in [1.165, 1.54) is 10.6 Å². The van der Waals surface area contributed by atoms with Gasteiger partial charge in [-0.05, 0) is 65.9 Å². The van der Waals surface area contributed by atoms with Crippen molar-refractivity contribution in [2.75, 3.05) is 31.3 Å². The molecule has 2 aromatic heterocycles. The maximum absolute atomic E-state index is 12.6. The summed E-state index contributed by atoms with van der Waals surface area (Å²) < 4.78 is 30.7. The number of carbonyl (C=O) groups is 2. The Bertz CT molecular complexity index is 1690. The molecule has 3 heterocycles. The molecule has 0 unspecified atom stereocenters. The lowest BCUT2D eigenvalue weighted by atomic mass is 9.94. The summed E-state index contributed by atoms with van der Waals surface area (Å²) in [5.41, 5.74) is 6.44. The summed E-state index contributed by atoms with van der Waals surface area (Å²) in [6.07, 6.45) is 7.68. The normalized spacial score (nSPS) is 14.2. The van der Waals surface area contributed by atoms with Crippen LogP contribution in [0.5, 0.6) is 5.75 Å². The SMILES string of the molecule is Cc1c(NC(=O)COc2cccnc2)cccc1-c1ccc(C=O)c2[nH]c(C3=CCN(S(C)(=O)=O)CC3)cc12. The number of aromatic amines is 1. The van der Waals surface area contributed by atoms with Crippen molar-refractivity contribution in [2.45, 2.75) is 13.3 Å². The van der Waals surface area contributed by atoms with Crippen LogP contribution in [0.15, 0.2) is 67.0 Å². The van der Waals surface area contributed by atoms with Crippen molar-refractivity contribution in [3.05, 3.63) is 83.8 Å². The zero-order valence-corrected chi connectivity index (χ0v) is 22.4. The Hall–Kier alpha value is -4.28. The molecule has 4 aromatic rings. The molecule has 1 amide bonds. The van der Waals surface area contributed by atoms with Gasteiger partial charge in [0.15, 0.2) is 12.9 Å². The van der Waals surface area contributed by atoms with E-state index in [1.807, 2.05) is 43.3 Å². The van der Waals surface area contributed by atoms with Gasteiger partial charge in [-0.15, -0.1) is 0 Å². The zero-order valence-electron chi connectivity index (χ0n) is 21.6. The van der Waals surface area contributed by atoms with Gasteiger partial charge in [0.25, 0.3) is 5.91 Å². The smallest absolute Gasteiger partial charge is 0.262 e. The van der Waals surface area contributed by atoms with E-state index >= 15 is 0 Å². The molecular weight excluding hydrogens is 516 g/mol. The van der Waals surface area contributed by atoms with Gasteiger partial charge in [-0.3, -0.25) is 14.6 Å². The highest BCUT2D eigenvalue weighted by atomic mass is 32.2. The molecule has 0 saturated heterocycles. The average molecular weight is 545 g/mol. The summed E-state index contributed by atoms with van der Waals surface area (Å²) in [5.74, 6) is 0.216. The van der Waals surface area contributed by atoms with Crippen LogP contribution in [-0.2, 0) is 14.8 Å². The van der Waals surface area contributed by atoms with Gasteiger partial charge in [0.1, 0.15) is 5.75 Å². The number of ether oxygens (including phenoxy) is 1. The van der Waals surface area contributed by atoms with Crippen LogP contribution in [-0.4, -0.2) is 60.8 Å². The molecule has 0 bridgehead atoms. The first-order valence-corrected chi connectivity index (χ1v) is 14.3. The number of aldehydes is 1. The number of anilines is 1. The zero-order chi connectivity index (χ0) is 27.6. The van der Waals surface area contributed by atoms with Gasteiger partial charge in [-0.2, -0.15) is 4.31 Å². The highest BCUT2D eigenvalue weighted by Gasteiger charge is 2.22. The van der Waals surface area contributed by atoms with Crippen LogP contribution in [0.2, 0.25) is 0 Å². The minimum atomic E-state index is -3.25. The summed E-state index contributed by atoms with van der Waals surface area (Å²) in [5, 5.41) is 3.79. The molecule has 9 nitrogen and oxygen atoms in total. The van der Waals surface area contributed by atoms with Crippen molar-refractivity contribution in [3.8, 4) is 16.9 Å². The lowest BCUT2D eigenvalue weighted by molar-refractivity contribution is -0.118. The average Bonchev–Trinajstić information content (AvgIpc) is 3.39. The number of nitrogens with one attached hydrogen (secondary N) is 2. The summed E-state index contributed by atoms with van der Waals surface area (Å²) in [6.45, 7) is 2.49. The van der Waals surface area contributed by atoms with Crippen LogP contribution in [0.4, 0.5) is 5.69 Å². The third kappa shape index (κ3) is 5.62. The van der Waals surface area contributed by atoms with Crippen molar-refractivity contribution in [1.29, 1.82) is 0 Å². The highest BCUT2D eigenvalue weighted by Crippen LogP contribution is 2.37. The fourth-order valence-electron chi connectivity index (χ4n) is 4.77. The van der Waals surface area contributed by atoms with Crippen molar-refractivity contribution < 1.29 is 22.7 Å². The standard InChI is InChI=1S/C29H28N4O5S/c1-19-23(6-3-7-26(19)31-28(35)18-38-22-5-4-12-30-16-22)24-9-8-21(17-34)29-25(24)15-27(32-29)20-10-13-33(14-11-20)39(2,36)37/h3-10,12,15-17,32H,11,13-14,18H2,1-2H3,(H,31,35). The number of carbonyl (C=O) groups excluding carboxylic acids is 2. The van der Waals surface area contributed by atoms with Crippen LogP contribution in [0.25, 0.3) is 27.6 Å². The van der Waals surface area contributed by atoms with Gasteiger partial charge in [0, 0.05) is 41.6 Å². The molecular formula is C29H28N4O5S. The Morgan fingerprint density at radius 2 is 2.03 bits per heavy atom. The monoisotopic (exact) mass is 544 g/mol. The van der Waals surface area contributed by atoms with Crippen LogP contribution < -0.4 is 10.1 Å². The molecule has 1 aliphatic rings. The molecule has 39 heavy (non-hydrogen) atoms. The Morgan fingerprint density at radius 1 is 1.18 bits per heavy atom. The highest BCUT2D eigenvalue weighted by molar-refractivity contribution is 7.88. The molecule has 0 radical (unpaired) electrons. The number of amides is 1. The van der Waals surface area contributed by atoms with E-state index in [0.717, 1.165) is 39.6 Å². The predicted molar refractivity (Wildman–Crippen MR) is 151 cm³/mol. The maximum Gasteiger partial charge on any atom is 0.262 e. The number of benzene rings is 2. The van der Waals surface area contributed by atoms with E-state index in [9.17, 15) is 18.0 Å². The fraction of sp³-hybridized carbons (Fsp3) is 0.207. The van der Waals surface area contributed by atoms with Gasteiger partial charge in [-0.1, -0.05) is 24.3 Å². The number of nitrogens with zero attached hydrogens (tertiary/aromatic N) is 2. The Labute approximate surface area is 226 Å². The second-order valence-electron chi connectivity index (χ2n) is 9.40. The second kappa shape index (κ2) is 10.8. The van der Waals surface area contributed by atoms with Crippen LogP contribution >= 0.6 is 0 Å². The van der Waals surface area contributed by atoms with Crippen molar-refractivity contribution in [1.82, 2.24) is 14.3 Å². The number of H-pyrrole nitrogens is 1. The number of sulfonamides is 1. The van der Waals surface area contributed by atoms with Crippen LogP contribution in [0, 0.1) is 6.92 Å². The number of fused-ring (bicyclic) bond motifs is 1. The van der Waals surface area contributed by atoms with Crippen molar-refractivity contribution in [3.63, 3.8) is 0 Å². The molecule has 0 atom stereocenters. The van der Waals surface area contributed by atoms with Crippen molar-refractivity contribution >= 4 is 44.4 Å². The third-order valence-corrected chi connectivity index (χ3v) is 8.11. The van der Waals surface area contributed by atoms with E-state index in [4.69, 9.17) is 4.74 Å². The lowest BCUT2D eigenvalue weighted by Gasteiger charge is -2.23. The first-order chi connectivity index (χ1) is 18.7. The van der Waals surface area contributed by atoms with Crippen molar-refractivity contribution in [2.24, 2.45) is 0 Å². The van der Waals surface area contributed by atoms with E-state index in [1.54, 1.807) is 30.6 Å². The molecule has 2 aromatic carbocycles. The van der Waals surface area contributed by atoms with Crippen LogP contribution in [0.1, 0.15) is 28.0 Å². The summed E-state index contributed by atoms with van der Waals surface area (Å²) in [6, 6.07) is 14.8. The van der Waals surface area contributed by atoms with Gasteiger partial charge < -0.3 is 15.0 Å². The van der Waals surface area contributed by atoms with Gasteiger partial charge in [0.05, 0.1) is 18.0 Å². The predicted octanol–water partition coefficient (Wildman–Crippen LogP) is 4.42. The quantitative estimate of drug-likeness (QED) is 0.317. The molecule has 10 heteroatoms. The van der Waals surface area contributed by atoms with E-state index in [-0.39, 0.29) is 12.5 Å². The van der Waals surface area contributed by atoms with Crippen LogP contribution in [0.3, 0.4) is 0 Å². The first kappa shape index (κ1) is 26.3. The molecule has 200 valence electrons. The Kier molecular flexibility index (Phi) is 7.32. The molecule has 0 fully saturated rings. The topological polar surface area (TPSA) is 121 Å². The number of pyridine rings is 1. The molecule has 2 N–H and O–H groups in total. The van der Waals surface area contributed by atoms with Gasteiger partial charge in [0.2, 0.25) is 10.0 Å². The minimum Gasteiger partial charge on any atom is -0.482 e. The summed E-state index contributed by atoms with van der Waals surface area (Å²) in [4.78, 5) is 31.8. The van der Waals surface area contributed by atoms with E-state index in [2.05, 4.69) is 15.3 Å². The molecule has 0 saturated carbocycles. The number of aromatic nitrogens is 2. The van der Waals surface area contributed by atoms with E-state index < -0.39 is 10.0 Å². The van der Waals surface area contributed by atoms with Gasteiger partial charge in [-0.25, -0.2) is 8.42 Å². The van der Waals surface area contributed by atoms with Gasteiger partial charge >= 0.3 is 0 Å². The first-order valence-electron chi connectivity index (χ1n) is 12.4. The minimum absolute atomic E-state index is 0.152. The maximum atomic E-state index is 12.6. The molecule has 0 aliphatic carbocycles. The Morgan fingerprint density at radius 3 is 2.72 bits per heavy atom. The summed E-state index contributed by atoms with van der Waals surface area (Å²) >= 11 is 0. The number of rotatable bonds is 8. The number of hydrogen-bond donors (Lipinski definition) is 2. The lowest BCUT2D eigenvalue weighted by Crippen LogP contribution is -2.33. The number of hydrogen-bond acceptors (Lipinski definition) is 6. The summed E-state index contributed by atoms with van der Waals surface area (Å²) in [7, 11) is -3.25. The largest absolute Gasteiger partial charge is 0.482 e. The third-order valence-electron chi connectivity index (χ3n) is 6.84.